The Bertz CT molecular complexity index is 907. The molecule has 1 aliphatic heterocycles. The maximum atomic E-state index is 12.8. The summed E-state index contributed by atoms with van der Waals surface area (Å²) in [6, 6.07) is 11.2. The molecule has 152 valence electrons. The molecular weight excluding hydrogens is 396 g/mol. The van der Waals surface area contributed by atoms with E-state index in [1.807, 2.05) is 38.1 Å². The first-order valence-electron chi connectivity index (χ1n) is 9.40. The minimum Gasteiger partial charge on any atom is -0.492 e. The van der Waals surface area contributed by atoms with E-state index >= 15 is 0 Å². The number of hydrogen-bond donors (Lipinski definition) is 1. The van der Waals surface area contributed by atoms with Crippen LogP contribution >= 0.6 is 11.3 Å². The SMILES string of the molecule is Cc1ccc(OCCNC(=O)C2CCCN(S(=O)(=O)c3ccc(C)s3)C2)cc1. The number of carbonyl (C=O) groups is 1. The van der Waals surface area contributed by atoms with Crippen molar-refractivity contribution in [1.29, 1.82) is 0 Å². The van der Waals surface area contributed by atoms with E-state index < -0.39 is 10.0 Å². The van der Waals surface area contributed by atoms with Crippen LogP contribution in [0.4, 0.5) is 0 Å². The highest BCUT2D eigenvalue weighted by Crippen LogP contribution is 2.28. The molecule has 2 heterocycles. The van der Waals surface area contributed by atoms with E-state index in [0.717, 1.165) is 16.2 Å². The van der Waals surface area contributed by atoms with Crippen LogP contribution in [-0.2, 0) is 14.8 Å². The second-order valence-electron chi connectivity index (χ2n) is 7.02. The average Bonchev–Trinajstić information content (AvgIpc) is 3.14. The van der Waals surface area contributed by atoms with Crippen molar-refractivity contribution < 1.29 is 17.9 Å². The number of hydrogen-bond acceptors (Lipinski definition) is 5. The van der Waals surface area contributed by atoms with Crippen LogP contribution < -0.4 is 10.1 Å². The van der Waals surface area contributed by atoms with Gasteiger partial charge in [-0.15, -0.1) is 11.3 Å². The third-order valence-corrected chi connectivity index (χ3v) is 8.09. The van der Waals surface area contributed by atoms with Crippen molar-refractivity contribution in [3.63, 3.8) is 0 Å². The zero-order valence-corrected chi connectivity index (χ0v) is 17.8. The second kappa shape index (κ2) is 9.07. The molecule has 1 amide bonds. The highest BCUT2D eigenvalue weighted by atomic mass is 32.2. The molecule has 6 nitrogen and oxygen atoms in total. The number of thiophene rings is 1. The van der Waals surface area contributed by atoms with E-state index in [1.54, 1.807) is 12.1 Å². The van der Waals surface area contributed by atoms with Crippen LogP contribution in [0, 0.1) is 19.8 Å². The first-order valence-corrected chi connectivity index (χ1v) is 11.7. The van der Waals surface area contributed by atoms with Crippen molar-refractivity contribution in [2.45, 2.75) is 30.9 Å². The Balaban J connectivity index is 1.49. The lowest BCUT2D eigenvalue weighted by molar-refractivity contribution is -0.126. The van der Waals surface area contributed by atoms with Gasteiger partial charge in [-0.25, -0.2) is 8.42 Å². The molecule has 1 atom stereocenters. The monoisotopic (exact) mass is 422 g/mol. The van der Waals surface area contributed by atoms with E-state index in [1.165, 1.54) is 15.6 Å². The maximum absolute atomic E-state index is 12.8. The Hall–Kier alpha value is -1.90. The first kappa shape index (κ1) is 20.8. The smallest absolute Gasteiger partial charge is 0.252 e. The fourth-order valence-electron chi connectivity index (χ4n) is 3.17. The second-order valence-corrected chi connectivity index (χ2v) is 10.5. The molecule has 28 heavy (non-hydrogen) atoms. The summed E-state index contributed by atoms with van der Waals surface area (Å²) in [5, 5.41) is 2.87. The Morgan fingerprint density at radius 2 is 1.96 bits per heavy atom. The molecule has 1 fully saturated rings. The Kier molecular flexibility index (Phi) is 6.74. The summed E-state index contributed by atoms with van der Waals surface area (Å²) in [4.78, 5) is 13.4. The van der Waals surface area contributed by atoms with Gasteiger partial charge in [0.05, 0.1) is 12.5 Å². The molecule has 8 heteroatoms. The van der Waals surface area contributed by atoms with Crippen LogP contribution in [0.5, 0.6) is 5.75 Å². The van der Waals surface area contributed by atoms with Gasteiger partial charge in [-0.05, 0) is 51.0 Å². The lowest BCUT2D eigenvalue weighted by Gasteiger charge is -2.30. The number of piperidine rings is 1. The van der Waals surface area contributed by atoms with Gasteiger partial charge in [0, 0.05) is 18.0 Å². The van der Waals surface area contributed by atoms with E-state index in [2.05, 4.69) is 5.32 Å². The fraction of sp³-hybridized carbons (Fsp3) is 0.450. The van der Waals surface area contributed by atoms with Gasteiger partial charge < -0.3 is 10.1 Å². The van der Waals surface area contributed by atoms with Gasteiger partial charge in [0.2, 0.25) is 5.91 Å². The van der Waals surface area contributed by atoms with Gasteiger partial charge >= 0.3 is 0 Å². The van der Waals surface area contributed by atoms with Crippen molar-refractivity contribution in [1.82, 2.24) is 9.62 Å². The van der Waals surface area contributed by atoms with E-state index in [-0.39, 0.29) is 18.4 Å². The lowest BCUT2D eigenvalue weighted by atomic mass is 9.99. The highest BCUT2D eigenvalue weighted by Gasteiger charge is 2.33. The van der Waals surface area contributed by atoms with Crippen molar-refractivity contribution in [3.8, 4) is 5.75 Å². The molecule has 0 spiro atoms. The number of aryl methyl sites for hydroxylation is 2. The number of ether oxygens (including phenoxy) is 1. The molecule has 0 saturated carbocycles. The Labute approximate surface area is 170 Å². The fourth-order valence-corrected chi connectivity index (χ4v) is 6.14. The molecule has 1 aliphatic rings. The third-order valence-electron chi connectivity index (χ3n) is 4.76. The van der Waals surface area contributed by atoms with Crippen LogP contribution in [0.2, 0.25) is 0 Å². The van der Waals surface area contributed by atoms with E-state index in [0.29, 0.717) is 36.7 Å². The zero-order chi connectivity index (χ0) is 20.1. The molecule has 1 aromatic heterocycles. The summed E-state index contributed by atoms with van der Waals surface area (Å²) in [7, 11) is -3.53. The minimum absolute atomic E-state index is 0.116. The molecule has 1 N–H and O–H groups in total. The number of amides is 1. The Morgan fingerprint density at radius 1 is 1.21 bits per heavy atom. The van der Waals surface area contributed by atoms with Crippen molar-refractivity contribution in [3.05, 3.63) is 46.8 Å². The summed E-state index contributed by atoms with van der Waals surface area (Å²) in [5.41, 5.74) is 1.16. The van der Waals surface area contributed by atoms with Gasteiger partial charge in [0.25, 0.3) is 10.0 Å². The maximum Gasteiger partial charge on any atom is 0.252 e. The number of sulfonamides is 1. The van der Waals surface area contributed by atoms with Crippen LogP contribution in [0.3, 0.4) is 0 Å². The molecule has 0 bridgehead atoms. The average molecular weight is 423 g/mol. The zero-order valence-electron chi connectivity index (χ0n) is 16.2. The van der Waals surface area contributed by atoms with Crippen LogP contribution in [0.15, 0.2) is 40.6 Å². The summed E-state index contributed by atoms with van der Waals surface area (Å²) >= 11 is 1.27. The van der Waals surface area contributed by atoms with E-state index in [9.17, 15) is 13.2 Å². The number of nitrogens with zero attached hydrogens (tertiary/aromatic N) is 1. The quantitative estimate of drug-likeness (QED) is 0.696. The summed E-state index contributed by atoms with van der Waals surface area (Å²) < 4.78 is 33.0. The largest absolute Gasteiger partial charge is 0.492 e. The van der Waals surface area contributed by atoms with Gasteiger partial charge in [-0.3, -0.25) is 4.79 Å². The van der Waals surface area contributed by atoms with Crippen LogP contribution in [0.1, 0.15) is 23.3 Å². The van der Waals surface area contributed by atoms with Gasteiger partial charge in [-0.1, -0.05) is 17.7 Å². The Morgan fingerprint density at radius 3 is 2.64 bits per heavy atom. The number of rotatable bonds is 7. The minimum atomic E-state index is -3.53. The standard InChI is InChI=1S/C20H26N2O4S2/c1-15-5-8-18(9-6-15)26-13-11-21-20(23)17-4-3-12-22(14-17)28(24,25)19-10-7-16(2)27-19/h5-10,17H,3-4,11-14H2,1-2H3,(H,21,23). The molecule has 0 aliphatic carbocycles. The number of nitrogens with one attached hydrogen (secondary N) is 1. The van der Waals surface area contributed by atoms with Crippen LogP contribution in [-0.4, -0.2) is 44.9 Å². The molecule has 0 radical (unpaired) electrons. The highest BCUT2D eigenvalue weighted by molar-refractivity contribution is 7.91. The third kappa shape index (κ3) is 5.12. The summed E-state index contributed by atoms with van der Waals surface area (Å²) in [5.74, 6) is 0.319. The van der Waals surface area contributed by atoms with Gasteiger partial charge in [0.1, 0.15) is 16.6 Å². The summed E-state index contributed by atoms with van der Waals surface area (Å²) in [6.07, 6.45) is 1.38. The molecular formula is C20H26N2O4S2. The predicted octanol–water partition coefficient (Wildman–Crippen LogP) is 2.96. The molecule has 2 aromatic rings. The van der Waals surface area contributed by atoms with Crippen LogP contribution in [0.25, 0.3) is 0 Å². The molecule has 1 saturated heterocycles. The van der Waals surface area contributed by atoms with Gasteiger partial charge in [0.15, 0.2) is 0 Å². The predicted molar refractivity (Wildman–Crippen MR) is 110 cm³/mol. The van der Waals surface area contributed by atoms with Crippen molar-refractivity contribution in [2.24, 2.45) is 5.92 Å². The normalized spacial score (nSPS) is 18.0. The van der Waals surface area contributed by atoms with E-state index in [4.69, 9.17) is 4.74 Å². The van der Waals surface area contributed by atoms with Crippen molar-refractivity contribution in [2.75, 3.05) is 26.2 Å². The first-order chi connectivity index (χ1) is 13.4. The molecule has 3 rings (SSSR count). The molecule has 1 unspecified atom stereocenters. The topological polar surface area (TPSA) is 75.7 Å². The van der Waals surface area contributed by atoms with Crippen molar-refractivity contribution >= 4 is 27.3 Å². The lowest BCUT2D eigenvalue weighted by Crippen LogP contribution is -2.45. The number of carbonyl (C=O) groups excluding carboxylic acids is 1. The molecule has 1 aromatic carbocycles. The van der Waals surface area contributed by atoms with Gasteiger partial charge in [-0.2, -0.15) is 4.31 Å². The number of benzene rings is 1. The summed E-state index contributed by atoms with van der Waals surface area (Å²) in [6.45, 7) is 5.34.